The summed E-state index contributed by atoms with van der Waals surface area (Å²) in [6, 6.07) is -0.538. The van der Waals surface area contributed by atoms with E-state index in [1.165, 1.54) is 0 Å². The third-order valence-corrected chi connectivity index (χ3v) is 7.48. The lowest BCUT2D eigenvalue weighted by atomic mass is 9.68. The van der Waals surface area contributed by atoms with Crippen LogP contribution in [0.3, 0.4) is 0 Å². The van der Waals surface area contributed by atoms with Crippen LogP contribution in [0.5, 0.6) is 0 Å². The summed E-state index contributed by atoms with van der Waals surface area (Å²) in [4.78, 5) is 41.0. The number of thiophene rings is 1. The van der Waals surface area contributed by atoms with E-state index in [-0.39, 0.29) is 34.2 Å². The van der Waals surface area contributed by atoms with Crippen molar-refractivity contribution in [1.29, 1.82) is 0 Å². The molecule has 11 heteroatoms. The molecule has 0 bridgehead atoms. The van der Waals surface area contributed by atoms with E-state index in [1.807, 2.05) is 13.8 Å². The fraction of sp³-hybridized carbons (Fsp3) is 0.650. The molecule has 2 aromatic rings. The molecule has 2 fully saturated rings. The molecule has 0 atom stereocenters. The SMILES string of the molecule is Cc1c(CN2CCNC2=O)sc2c1c(=O)n(C1CC(C)(C)C1)c(=O)n2CCC(F)(F)F. The van der Waals surface area contributed by atoms with Crippen molar-refractivity contribution in [2.75, 3.05) is 13.1 Å². The molecule has 31 heavy (non-hydrogen) atoms. The summed E-state index contributed by atoms with van der Waals surface area (Å²) in [5.41, 5.74) is -0.526. The van der Waals surface area contributed by atoms with Gasteiger partial charge in [0.25, 0.3) is 5.56 Å². The predicted molar refractivity (Wildman–Crippen MR) is 112 cm³/mol. The third kappa shape index (κ3) is 3.99. The van der Waals surface area contributed by atoms with Gasteiger partial charge in [0.1, 0.15) is 4.83 Å². The summed E-state index contributed by atoms with van der Waals surface area (Å²) in [6.45, 7) is 6.53. The molecule has 2 aromatic heterocycles. The minimum atomic E-state index is -4.42. The Morgan fingerprint density at radius 1 is 1.19 bits per heavy atom. The van der Waals surface area contributed by atoms with Gasteiger partial charge in [-0.2, -0.15) is 13.2 Å². The number of rotatable bonds is 5. The highest BCUT2D eigenvalue weighted by Gasteiger charge is 2.40. The summed E-state index contributed by atoms with van der Waals surface area (Å²) in [5.74, 6) is 0. The van der Waals surface area contributed by atoms with Gasteiger partial charge in [-0.15, -0.1) is 11.3 Å². The highest BCUT2D eigenvalue weighted by Crippen LogP contribution is 2.46. The van der Waals surface area contributed by atoms with Crippen molar-refractivity contribution in [3.8, 4) is 0 Å². The zero-order chi connectivity index (χ0) is 22.7. The van der Waals surface area contributed by atoms with Crippen molar-refractivity contribution in [3.05, 3.63) is 31.3 Å². The Hall–Kier alpha value is -2.30. The van der Waals surface area contributed by atoms with Crippen molar-refractivity contribution in [1.82, 2.24) is 19.4 Å². The normalized spacial score (nSPS) is 19.2. The molecule has 1 saturated carbocycles. The number of nitrogens with zero attached hydrogens (tertiary/aromatic N) is 3. The van der Waals surface area contributed by atoms with Crippen molar-refractivity contribution in [2.45, 2.75) is 65.3 Å². The molecule has 1 aliphatic heterocycles. The Balaban J connectivity index is 1.85. The molecule has 0 aromatic carbocycles. The van der Waals surface area contributed by atoms with E-state index >= 15 is 0 Å². The Kier molecular flexibility index (Phi) is 5.22. The number of aromatic nitrogens is 2. The molecule has 4 rings (SSSR count). The summed E-state index contributed by atoms with van der Waals surface area (Å²) in [5, 5.41) is 2.99. The van der Waals surface area contributed by atoms with Crippen LogP contribution in [0.2, 0.25) is 0 Å². The fourth-order valence-electron chi connectivity index (χ4n) is 4.55. The number of nitrogens with one attached hydrogen (secondary N) is 1. The van der Waals surface area contributed by atoms with Gasteiger partial charge in [0.05, 0.1) is 18.4 Å². The number of carbonyl (C=O) groups is 1. The number of fused-ring (bicyclic) bond motifs is 1. The molecule has 2 amide bonds. The van der Waals surface area contributed by atoms with Crippen LogP contribution in [0, 0.1) is 12.3 Å². The second kappa shape index (κ2) is 7.39. The van der Waals surface area contributed by atoms with Gasteiger partial charge in [0.15, 0.2) is 0 Å². The van der Waals surface area contributed by atoms with E-state index in [4.69, 9.17) is 0 Å². The number of aryl methyl sites for hydroxylation is 2. The van der Waals surface area contributed by atoms with Gasteiger partial charge in [-0.3, -0.25) is 13.9 Å². The Bertz CT molecular complexity index is 1150. The smallest absolute Gasteiger partial charge is 0.336 e. The van der Waals surface area contributed by atoms with Gasteiger partial charge in [0, 0.05) is 30.6 Å². The fourth-order valence-corrected chi connectivity index (χ4v) is 5.88. The molecule has 3 heterocycles. The zero-order valence-electron chi connectivity index (χ0n) is 17.6. The lowest BCUT2D eigenvalue weighted by molar-refractivity contribution is -0.136. The molecule has 2 aliphatic rings. The topological polar surface area (TPSA) is 76.3 Å². The Morgan fingerprint density at radius 2 is 1.87 bits per heavy atom. The first kappa shape index (κ1) is 21.9. The monoisotopic (exact) mass is 458 g/mol. The van der Waals surface area contributed by atoms with Crippen LogP contribution in [0.4, 0.5) is 18.0 Å². The van der Waals surface area contributed by atoms with Crippen LogP contribution in [0.1, 0.15) is 49.6 Å². The van der Waals surface area contributed by atoms with Crippen LogP contribution < -0.4 is 16.6 Å². The number of carbonyl (C=O) groups excluding carboxylic acids is 1. The van der Waals surface area contributed by atoms with E-state index in [0.29, 0.717) is 36.4 Å². The standard InChI is InChI=1S/C20H25F3N4O3S/c1-11-13(10-25-7-5-24-17(25)29)31-16-14(11)15(28)27(12-8-19(2,3)9-12)18(30)26(16)6-4-20(21,22)23/h12H,4-10H2,1-3H3,(H,24,29). The number of hydrogen-bond donors (Lipinski definition) is 1. The van der Waals surface area contributed by atoms with Crippen LogP contribution >= 0.6 is 11.3 Å². The second-order valence-electron chi connectivity index (χ2n) is 9.18. The van der Waals surface area contributed by atoms with E-state index in [0.717, 1.165) is 20.5 Å². The van der Waals surface area contributed by atoms with Crippen molar-refractivity contribution in [2.24, 2.45) is 5.41 Å². The lowest BCUT2D eigenvalue weighted by Gasteiger charge is -2.43. The summed E-state index contributed by atoms with van der Waals surface area (Å²) >= 11 is 1.12. The minimum absolute atomic E-state index is 0.0136. The highest BCUT2D eigenvalue weighted by molar-refractivity contribution is 7.18. The van der Waals surface area contributed by atoms with Gasteiger partial charge >= 0.3 is 17.9 Å². The molecule has 7 nitrogen and oxygen atoms in total. The van der Waals surface area contributed by atoms with Crippen molar-refractivity contribution >= 4 is 27.6 Å². The van der Waals surface area contributed by atoms with E-state index in [1.54, 1.807) is 11.8 Å². The average Bonchev–Trinajstić information content (AvgIpc) is 3.16. The molecule has 1 N–H and O–H groups in total. The van der Waals surface area contributed by atoms with Gasteiger partial charge in [0.2, 0.25) is 0 Å². The van der Waals surface area contributed by atoms with Crippen LogP contribution in [0.15, 0.2) is 9.59 Å². The van der Waals surface area contributed by atoms with Gasteiger partial charge in [-0.05, 0) is 30.7 Å². The number of alkyl halides is 3. The zero-order valence-corrected chi connectivity index (χ0v) is 18.5. The van der Waals surface area contributed by atoms with E-state index in [9.17, 15) is 27.6 Å². The van der Waals surface area contributed by atoms with Crippen LogP contribution in [0.25, 0.3) is 10.2 Å². The summed E-state index contributed by atoms with van der Waals surface area (Å²) in [6.07, 6.45) is -4.33. The maximum Gasteiger partial charge on any atom is 0.390 e. The highest BCUT2D eigenvalue weighted by atomic mass is 32.1. The first-order valence-electron chi connectivity index (χ1n) is 10.2. The number of amides is 2. The lowest BCUT2D eigenvalue weighted by Crippen LogP contribution is -2.48. The second-order valence-corrected chi connectivity index (χ2v) is 10.3. The van der Waals surface area contributed by atoms with Crippen molar-refractivity contribution < 1.29 is 18.0 Å². The average molecular weight is 459 g/mol. The first-order chi connectivity index (χ1) is 14.4. The molecular weight excluding hydrogens is 433 g/mol. The van der Waals surface area contributed by atoms with Crippen LogP contribution in [-0.4, -0.2) is 39.3 Å². The van der Waals surface area contributed by atoms with Gasteiger partial charge < -0.3 is 10.2 Å². The van der Waals surface area contributed by atoms with Gasteiger partial charge in [-0.25, -0.2) is 9.59 Å². The first-order valence-corrected chi connectivity index (χ1v) is 11.1. The Morgan fingerprint density at radius 3 is 2.42 bits per heavy atom. The maximum absolute atomic E-state index is 13.3. The maximum atomic E-state index is 13.3. The minimum Gasteiger partial charge on any atom is -0.336 e. The number of hydrogen-bond acceptors (Lipinski definition) is 4. The summed E-state index contributed by atoms with van der Waals surface area (Å²) in [7, 11) is 0. The van der Waals surface area contributed by atoms with E-state index < -0.39 is 30.4 Å². The molecule has 170 valence electrons. The molecule has 1 saturated heterocycles. The summed E-state index contributed by atoms with van der Waals surface area (Å²) < 4.78 is 41.1. The van der Waals surface area contributed by atoms with Crippen molar-refractivity contribution in [3.63, 3.8) is 0 Å². The third-order valence-electron chi connectivity index (χ3n) is 6.18. The molecule has 0 unspecified atom stereocenters. The Labute approximate surface area is 180 Å². The van der Waals surface area contributed by atoms with Crippen LogP contribution in [-0.2, 0) is 13.1 Å². The number of urea groups is 1. The molecule has 0 spiro atoms. The molecular formula is C20H25F3N4O3S. The van der Waals surface area contributed by atoms with Gasteiger partial charge in [-0.1, -0.05) is 13.8 Å². The molecule has 0 radical (unpaired) electrons. The number of halogens is 3. The largest absolute Gasteiger partial charge is 0.390 e. The quantitative estimate of drug-likeness (QED) is 0.747. The van der Waals surface area contributed by atoms with E-state index in [2.05, 4.69) is 5.32 Å². The predicted octanol–water partition coefficient (Wildman–Crippen LogP) is 3.37. The molecule has 1 aliphatic carbocycles.